The minimum atomic E-state index is -4.14. The Labute approximate surface area is 214 Å². The molecule has 1 fully saturated rings. The van der Waals surface area contributed by atoms with Crippen molar-refractivity contribution in [3.8, 4) is 0 Å². The highest BCUT2D eigenvalue weighted by Crippen LogP contribution is 2.60. The van der Waals surface area contributed by atoms with Crippen molar-refractivity contribution in [2.45, 2.75) is 47.5 Å². The van der Waals surface area contributed by atoms with E-state index in [1.807, 2.05) is 0 Å². The molecule has 0 radical (unpaired) electrons. The number of halogens is 1. The number of hydrogen-bond donors (Lipinski definition) is 2. The first-order chi connectivity index (χ1) is 16.3. The Morgan fingerprint density at radius 3 is 2.31 bits per heavy atom. The van der Waals surface area contributed by atoms with Crippen LogP contribution in [-0.2, 0) is 30.1 Å². The summed E-state index contributed by atoms with van der Waals surface area (Å²) in [5, 5.41) is 10.1. The van der Waals surface area contributed by atoms with Crippen LogP contribution in [0.2, 0.25) is 5.02 Å². The summed E-state index contributed by atoms with van der Waals surface area (Å²) in [6.45, 7) is 3.06. The fourth-order valence-corrected chi connectivity index (χ4v) is 9.36. The van der Waals surface area contributed by atoms with Gasteiger partial charge in [0.25, 0.3) is 0 Å². The van der Waals surface area contributed by atoms with Crippen molar-refractivity contribution in [1.29, 1.82) is 0 Å². The zero-order chi connectivity index (χ0) is 25.6. The molecule has 2 aromatic rings. The number of sulfonamides is 1. The lowest BCUT2D eigenvalue weighted by Gasteiger charge is -2.26. The number of thioether (sulfide) groups is 1. The van der Waals surface area contributed by atoms with Crippen LogP contribution < -0.4 is 4.72 Å². The van der Waals surface area contributed by atoms with Gasteiger partial charge in [-0.25, -0.2) is 16.8 Å². The summed E-state index contributed by atoms with van der Waals surface area (Å²) in [7, 11) is -7.84. The number of carboxylic acids is 1. The molecule has 2 aromatic carbocycles. The molecule has 4 rings (SSSR count). The molecule has 0 amide bonds. The van der Waals surface area contributed by atoms with E-state index in [4.69, 9.17) is 11.6 Å². The number of nitrogens with one attached hydrogen (secondary N) is 1. The maximum atomic E-state index is 13.4. The van der Waals surface area contributed by atoms with E-state index < -0.39 is 52.4 Å². The van der Waals surface area contributed by atoms with E-state index in [0.717, 1.165) is 22.2 Å². The van der Waals surface area contributed by atoms with Gasteiger partial charge in [-0.15, -0.1) is 11.8 Å². The highest BCUT2D eigenvalue weighted by atomic mass is 35.5. The van der Waals surface area contributed by atoms with E-state index >= 15 is 0 Å². The van der Waals surface area contributed by atoms with Gasteiger partial charge in [-0.2, -0.15) is 4.72 Å². The first-order valence-corrected chi connectivity index (χ1v) is 15.5. The second-order valence-corrected chi connectivity index (χ2v) is 15.6. The van der Waals surface area contributed by atoms with Gasteiger partial charge in [-0.05, 0) is 49.9 Å². The first kappa shape index (κ1) is 26.2. The molecule has 1 heterocycles. The van der Waals surface area contributed by atoms with Gasteiger partial charge in [0, 0.05) is 15.3 Å². The number of benzene rings is 2. The molecule has 1 aliphatic heterocycles. The third-order valence-electron chi connectivity index (χ3n) is 6.66. The summed E-state index contributed by atoms with van der Waals surface area (Å²) in [5.41, 5.74) is -2.07. The fraction of sp³-hybridized carbons (Fsp3) is 0.375. The van der Waals surface area contributed by atoms with E-state index in [1.165, 1.54) is 13.8 Å². The number of allylic oxidation sites excluding steroid dienone is 1. The van der Waals surface area contributed by atoms with Crippen LogP contribution in [-0.4, -0.2) is 49.0 Å². The van der Waals surface area contributed by atoms with Crippen molar-refractivity contribution < 1.29 is 26.7 Å². The lowest BCUT2D eigenvalue weighted by molar-refractivity contribution is -0.140. The predicted octanol–water partition coefficient (Wildman–Crippen LogP) is 4.05. The Morgan fingerprint density at radius 2 is 1.74 bits per heavy atom. The summed E-state index contributed by atoms with van der Waals surface area (Å²) in [5.74, 6) is -1.86. The van der Waals surface area contributed by atoms with Gasteiger partial charge >= 0.3 is 5.97 Å². The van der Waals surface area contributed by atoms with Crippen molar-refractivity contribution in [3.05, 3.63) is 76.8 Å². The number of rotatable bonds is 9. The van der Waals surface area contributed by atoms with Crippen LogP contribution >= 0.6 is 23.4 Å². The van der Waals surface area contributed by atoms with Gasteiger partial charge in [0.15, 0.2) is 9.84 Å². The van der Waals surface area contributed by atoms with Crippen LogP contribution in [0.4, 0.5) is 0 Å². The highest BCUT2D eigenvalue weighted by Gasteiger charge is 2.76. The van der Waals surface area contributed by atoms with E-state index in [-0.39, 0.29) is 12.8 Å². The van der Waals surface area contributed by atoms with Gasteiger partial charge < -0.3 is 5.11 Å². The van der Waals surface area contributed by atoms with Gasteiger partial charge in [-0.3, -0.25) is 4.79 Å². The molecule has 2 aliphatic rings. The lowest BCUT2D eigenvalue weighted by atomic mass is 9.92. The van der Waals surface area contributed by atoms with E-state index in [1.54, 1.807) is 60.7 Å². The lowest BCUT2D eigenvalue weighted by Crippen LogP contribution is -2.52. The molecule has 3 atom stereocenters. The molecular formula is C24H26ClNO6S3. The minimum Gasteiger partial charge on any atom is -0.480 e. The predicted molar refractivity (Wildman–Crippen MR) is 140 cm³/mol. The van der Waals surface area contributed by atoms with Crippen LogP contribution in [0.25, 0.3) is 4.91 Å². The Balaban J connectivity index is 1.65. The molecule has 188 valence electrons. The van der Waals surface area contributed by atoms with Gasteiger partial charge in [0.05, 0.1) is 11.0 Å². The van der Waals surface area contributed by atoms with Crippen LogP contribution in [0.15, 0.2) is 60.7 Å². The number of aliphatic carboxylic acids is 1. The zero-order valence-corrected chi connectivity index (χ0v) is 22.3. The Morgan fingerprint density at radius 1 is 1.11 bits per heavy atom. The van der Waals surface area contributed by atoms with E-state index in [0.29, 0.717) is 10.6 Å². The molecule has 0 saturated heterocycles. The van der Waals surface area contributed by atoms with Crippen LogP contribution in [0, 0.1) is 0 Å². The van der Waals surface area contributed by atoms with Crippen molar-refractivity contribution in [2.75, 3.05) is 5.75 Å². The Hall–Kier alpha value is -1.85. The van der Waals surface area contributed by atoms with E-state index in [2.05, 4.69) is 4.72 Å². The summed E-state index contributed by atoms with van der Waals surface area (Å²) in [4.78, 5) is 13.3. The fourth-order valence-electron chi connectivity index (χ4n) is 4.48. The molecular weight excluding hydrogens is 530 g/mol. The smallest absolute Gasteiger partial charge is 0.325 e. The topological polar surface area (TPSA) is 118 Å². The maximum absolute atomic E-state index is 13.4. The Bertz CT molecular complexity index is 1370. The largest absolute Gasteiger partial charge is 0.480 e. The minimum absolute atomic E-state index is 0.153. The van der Waals surface area contributed by atoms with Gasteiger partial charge in [-0.1, -0.05) is 60.1 Å². The maximum Gasteiger partial charge on any atom is 0.325 e. The number of carbonyl (C=O) groups is 1. The number of sulfone groups is 1. The molecule has 0 spiro atoms. The molecule has 3 unspecified atom stereocenters. The first-order valence-electron chi connectivity index (χ1n) is 11.0. The molecule has 0 aromatic heterocycles. The normalized spacial score (nSPS) is 26.5. The second kappa shape index (κ2) is 9.23. The highest BCUT2D eigenvalue weighted by molar-refractivity contribution is 8.18. The van der Waals surface area contributed by atoms with Crippen molar-refractivity contribution >= 4 is 54.1 Å². The van der Waals surface area contributed by atoms with Gasteiger partial charge in [0.2, 0.25) is 10.0 Å². The molecule has 7 nitrogen and oxygen atoms in total. The zero-order valence-electron chi connectivity index (χ0n) is 19.1. The van der Waals surface area contributed by atoms with Crippen molar-refractivity contribution in [3.63, 3.8) is 0 Å². The quantitative estimate of drug-likeness (QED) is 0.479. The molecule has 0 bridgehead atoms. The summed E-state index contributed by atoms with van der Waals surface area (Å²) in [6.07, 6.45) is 1.83. The standard InChI is InChI=1S/C24H26ClNO6S3/c1-16(2)34(29,30)15-23(18-6-4-3-5-7-18)14-24(23,22(27)28)26-35(31,32)21-13-12-20(33-21)17-8-10-19(25)11-9-17/h3-12,16,21,26H,13-15H2,1-2H3,(H,27,28). The SMILES string of the molecule is CC(C)S(=O)(=O)CC1(c2ccccc2)CC1(NS(=O)(=O)C1CC=C(c2ccc(Cl)cc2)S1)C(=O)O. The van der Waals surface area contributed by atoms with Crippen molar-refractivity contribution in [2.24, 2.45) is 0 Å². The van der Waals surface area contributed by atoms with Crippen LogP contribution in [0.5, 0.6) is 0 Å². The summed E-state index contributed by atoms with van der Waals surface area (Å²) < 4.78 is 54.2. The summed E-state index contributed by atoms with van der Waals surface area (Å²) in [6, 6.07) is 15.4. The summed E-state index contributed by atoms with van der Waals surface area (Å²) >= 11 is 7.07. The van der Waals surface area contributed by atoms with Crippen molar-refractivity contribution in [1.82, 2.24) is 4.72 Å². The molecule has 35 heavy (non-hydrogen) atoms. The number of carboxylic acid groups (broad SMARTS) is 1. The van der Waals surface area contributed by atoms with Crippen LogP contribution in [0.1, 0.15) is 37.8 Å². The molecule has 1 aliphatic carbocycles. The molecule has 11 heteroatoms. The molecule has 1 saturated carbocycles. The third kappa shape index (κ3) is 4.79. The van der Waals surface area contributed by atoms with E-state index in [9.17, 15) is 26.7 Å². The average molecular weight is 556 g/mol. The van der Waals surface area contributed by atoms with Gasteiger partial charge in [0.1, 0.15) is 10.1 Å². The average Bonchev–Trinajstić information content (AvgIpc) is 3.16. The third-order valence-corrected chi connectivity index (χ3v) is 12.9. The Kier molecular flexibility index (Phi) is 6.91. The van der Waals surface area contributed by atoms with Crippen LogP contribution in [0.3, 0.4) is 0 Å². The molecule has 2 N–H and O–H groups in total. The number of hydrogen-bond acceptors (Lipinski definition) is 6. The monoisotopic (exact) mass is 555 g/mol. The second-order valence-electron chi connectivity index (χ2n) is 9.20.